The number of rotatable bonds is 4. The first kappa shape index (κ1) is 13.2. The van der Waals surface area contributed by atoms with Gasteiger partial charge in [0, 0.05) is 10.4 Å². The van der Waals surface area contributed by atoms with Crippen molar-refractivity contribution < 1.29 is 4.42 Å². The van der Waals surface area contributed by atoms with Gasteiger partial charge in [0.1, 0.15) is 11.3 Å². The SMILES string of the molecule is NNC(Cc1ccc(Cl)cc1)c1cc2ccccc2o1. The van der Waals surface area contributed by atoms with Crippen LogP contribution < -0.4 is 11.3 Å². The third-order valence-electron chi connectivity index (χ3n) is 3.34. The molecule has 0 radical (unpaired) electrons. The van der Waals surface area contributed by atoms with E-state index >= 15 is 0 Å². The molecule has 0 bridgehead atoms. The zero-order valence-electron chi connectivity index (χ0n) is 10.8. The van der Waals surface area contributed by atoms with Crippen molar-refractivity contribution >= 4 is 22.6 Å². The zero-order chi connectivity index (χ0) is 13.9. The summed E-state index contributed by atoms with van der Waals surface area (Å²) in [5, 5.41) is 1.81. The van der Waals surface area contributed by atoms with Crippen LogP contribution in [0.15, 0.2) is 59.0 Å². The van der Waals surface area contributed by atoms with Crippen molar-refractivity contribution in [2.45, 2.75) is 12.5 Å². The number of fused-ring (bicyclic) bond motifs is 1. The quantitative estimate of drug-likeness (QED) is 0.566. The highest BCUT2D eigenvalue weighted by Crippen LogP contribution is 2.26. The number of nitrogens with one attached hydrogen (secondary N) is 1. The van der Waals surface area contributed by atoms with Gasteiger partial charge in [-0.1, -0.05) is 41.9 Å². The van der Waals surface area contributed by atoms with Crippen molar-refractivity contribution in [2.24, 2.45) is 5.84 Å². The molecule has 1 aromatic heterocycles. The Bertz CT molecular complexity index is 673. The molecule has 3 N–H and O–H groups in total. The summed E-state index contributed by atoms with van der Waals surface area (Å²) in [6.45, 7) is 0. The minimum Gasteiger partial charge on any atom is -0.459 e. The fourth-order valence-electron chi connectivity index (χ4n) is 2.27. The molecule has 3 rings (SSSR count). The zero-order valence-corrected chi connectivity index (χ0v) is 11.6. The Balaban J connectivity index is 1.87. The maximum Gasteiger partial charge on any atom is 0.134 e. The smallest absolute Gasteiger partial charge is 0.134 e. The average molecular weight is 287 g/mol. The van der Waals surface area contributed by atoms with Gasteiger partial charge in [-0.3, -0.25) is 5.84 Å². The van der Waals surface area contributed by atoms with E-state index in [9.17, 15) is 0 Å². The number of hydrazine groups is 1. The Morgan fingerprint density at radius 2 is 1.85 bits per heavy atom. The van der Waals surface area contributed by atoms with Crippen molar-refractivity contribution in [1.29, 1.82) is 0 Å². The van der Waals surface area contributed by atoms with Gasteiger partial charge in [-0.25, -0.2) is 5.43 Å². The molecule has 0 fully saturated rings. The van der Waals surface area contributed by atoms with Crippen molar-refractivity contribution in [3.05, 3.63) is 70.9 Å². The summed E-state index contributed by atoms with van der Waals surface area (Å²) in [5.74, 6) is 6.51. The Morgan fingerprint density at radius 1 is 1.10 bits per heavy atom. The van der Waals surface area contributed by atoms with Gasteiger partial charge < -0.3 is 4.42 Å². The van der Waals surface area contributed by atoms with E-state index in [1.807, 2.05) is 54.6 Å². The molecule has 4 heteroatoms. The summed E-state index contributed by atoms with van der Waals surface area (Å²) in [5.41, 5.74) is 4.84. The predicted molar refractivity (Wildman–Crippen MR) is 81.4 cm³/mol. The van der Waals surface area contributed by atoms with Crippen LogP contribution in [-0.2, 0) is 6.42 Å². The predicted octanol–water partition coefficient (Wildman–Crippen LogP) is 3.83. The average Bonchev–Trinajstić information content (AvgIpc) is 2.90. The van der Waals surface area contributed by atoms with Crippen LogP contribution in [0.25, 0.3) is 11.0 Å². The molecule has 3 nitrogen and oxygen atoms in total. The van der Waals surface area contributed by atoms with E-state index in [1.165, 1.54) is 0 Å². The molecule has 3 aromatic rings. The standard InChI is InChI=1S/C16H15ClN2O/c17-13-7-5-11(6-8-13)9-14(19-18)16-10-12-3-1-2-4-15(12)20-16/h1-8,10,14,19H,9,18H2. The molecule has 0 aliphatic heterocycles. The molecule has 0 saturated carbocycles. The summed E-state index contributed by atoms with van der Waals surface area (Å²) in [7, 11) is 0. The highest BCUT2D eigenvalue weighted by atomic mass is 35.5. The lowest BCUT2D eigenvalue weighted by Crippen LogP contribution is -2.29. The minimum absolute atomic E-state index is 0.0661. The summed E-state index contributed by atoms with van der Waals surface area (Å²) >= 11 is 5.89. The number of hydrogen-bond acceptors (Lipinski definition) is 3. The van der Waals surface area contributed by atoms with Crippen LogP contribution in [0.1, 0.15) is 17.4 Å². The largest absolute Gasteiger partial charge is 0.459 e. The number of hydrogen-bond donors (Lipinski definition) is 2. The van der Waals surface area contributed by atoms with Gasteiger partial charge in [-0.05, 0) is 36.2 Å². The second-order valence-corrected chi connectivity index (χ2v) is 5.17. The lowest BCUT2D eigenvalue weighted by atomic mass is 10.0. The molecule has 20 heavy (non-hydrogen) atoms. The summed E-state index contributed by atoms with van der Waals surface area (Å²) < 4.78 is 5.85. The van der Waals surface area contributed by atoms with Crippen molar-refractivity contribution in [3.8, 4) is 0 Å². The number of nitrogens with two attached hydrogens (primary N) is 1. The van der Waals surface area contributed by atoms with E-state index in [2.05, 4.69) is 5.43 Å². The molecule has 102 valence electrons. The minimum atomic E-state index is -0.0661. The van der Waals surface area contributed by atoms with Crippen LogP contribution in [0.3, 0.4) is 0 Å². The molecule has 1 heterocycles. The molecule has 0 spiro atoms. The van der Waals surface area contributed by atoms with Gasteiger partial charge in [0.2, 0.25) is 0 Å². The lowest BCUT2D eigenvalue weighted by molar-refractivity contribution is 0.434. The molecule has 1 unspecified atom stereocenters. The van der Waals surface area contributed by atoms with Crippen LogP contribution in [-0.4, -0.2) is 0 Å². The molecule has 0 saturated heterocycles. The van der Waals surface area contributed by atoms with E-state index in [0.717, 1.165) is 33.7 Å². The van der Waals surface area contributed by atoms with Gasteiger partial charge in [-0.15, -0.1) is 0 Å². The van der Waals surface area contributed by atoms with Crippen molar-refractivity contribution in [3.63, 3.8) is 0 Å². The van der Waals surface area contributed by atoms with Gasteiger partial charge in [0.05, 0.1) is 6.04 Å². The van der Waals surface area contributed by atoms with Crippen LogP contribution in [0.5, 0.6) is 0 Å². The van der Waals surface area contributed by atoms with Gasteiger partial charge in [0.25, 0.3) is 0 Å². The Morgan fingerprint density at radius 3 is 2.55 bits per heavy atom. The maximum absolute atomic E-state index is 5.89. The Hall–Kier alpha value is -1.81. The van der Waals surface area contributed by atoms with Gasteiger partial charge in [-0.2, -0.15) is 0 Å². The summed E-state index contributed by atoms with van der Waals surface area (Å²) in [4.78, 5) is 0. The number of para-hydroxylation sites is 1. The van der Waals surface area contributed by atoms with Crippen LogP contribution >= 0.6 is 11.6 Å². The fourth-order valence-corrected chi connectivity index (χ4v) is 2.40. The van der Waals surface area contributed by atoms with E-state index in [-0.39, 0.29) is 6.04 Å². The van der Waals surface area contributed by atoms with Crippen molar-refractivity contribution in [2.75, 3.05) is 0 Å². The second-order valence-electron chi connectivity index (χ2n) is 4.74. The number of halogens is 1. The topological polar surface area (TPSA) is 51.2 Å². The third kappa shape index (κ3) is 2.70. The highest BCUT2D eigenvalue weighted by molar-refractivity contribution is 6.30. The summed E-state index contributed by atoms with van der Waals surface area (Å²) in [6, 6.07) is 17.6. The molecule has 0 aliphatic rings. The lowest BCUT2D eigenvalue weighted by Gasteiger charge is -2.13. The second kappa shape index (κ2) is 5.67. The van der Waals surface area contributed by atoms with Crippen molar-refractivity contribution in [1.82, 2.24) is 5.43 Å². The first-order chi connectivity index (χ1) is 9.76. The van der Waals surface area contributed by atoms with Gasteiger partial charge >= 0.3 is 0 Å². The monoisotopic (exact) mass is 286 g/mol. The molecule has 0 aliphatic carbocycles. The van der Waals surface area contributed by atoms with Crippen LogP contribution in [0.2, 0.25) is 5.02 Å². The molecule has 1 atom stereocenters. The molecule has 0 amide bonds. The van der Waals surface area contributed by atoms with E-state index < -0.39 is 0 Å². The van der Waals surface area contributed by atoms with E-state index in [1.54, 1.807) is 0 Å². The van der Waals surface area contributed by atoms with E-state index in [0.29, 0.717) is 0 Å². The van der Waals surface area contributed by atoms with Crippen LogP contribution in [0, 0.1) is 0 Å². The third-order valence-corrected chi connectivity index (χ3v) is 3.59. The number of furan rings is 1. The maximum atomic E-state index is 5.89. The van der Waals surface area contributed by atoms with Crippen LogP contribution in [0.4, 0.5) is 0 Å². The van der Waals surface area contributed by atoms with E-state index in [4.69, 9.17) is 21.9 Å². The first-order valence-corrected chi connectivity index (χ1v) is 6.83. The Kier molecular flexibility index (Phi) is 3.74. The normalized spacial score (nSPS) is 12.7. The Labute approximate surface area is 122 Å². The fraction of sp³-hybridized carbons (Fsp3) is 0.125. The van der Waals surface area contributed by atoms with Gasteiger partial charge in [0.15, 0.2) is 0 Å². The highest BCUT2D eigenvalue weighted by Gasteiger charge is 2.15. The first-order valence-electron chi connectivity index (χ1n) is 6.45. The molecular weight excluding hydrogens is 272 g/mol. The number of benzene rings is 2. The molecular formula is C16H15ClN2O. The molecule has 2 aromatic carbocycles. The summed E-state index contributed by atoms with van der Waals surface area (Å²) in [6.07, 6.45) is 0.744.